The molecule has 2 rings (SSSR count). The molecule has 1 atom stereocenters. The maximum atomic E-state index is 5.16. The van der Waals surface area contributed by atoms with Crippen molar-refractivity contribution in [3.8, 4) is 5.88 Å². The van der Waals surface area contributed by atoms with Crippen LogP contribution in [-0.4, -0.2) is 33.9 Å². The van der Waals surface area contributed by atoms with Gasteiger partial charge in [0, 0.05) is 12.1 Å². The van der Waals surface area contributed by atoms with Crippen molar-refractivity contribution in [2.75, 3.05) is 14.2 Å². The summed E-state index contributed by atoms with van der Waals surface area (Å²) < 4.78 is 8.08. The normalized spacial score (nSPS) is 12.7. The highest BCUT2D eigenvalue weighted by Gasteiger charge is 2.23. The summed E-state index contributed by atoms with van der Waals surface area (Å²) >= 11 is 3.56. The standard InChI is InChI=1S/C13H18BrN5O/c1-8(2)19-13(9(14)6-18-19)12(15-3)10-5-11(20-4)17-7-16-10/h5-8,12,15H,1-4H3. The highest BCUT2D eigenvalue weighted by atomic mass is 79.9. The molecule has 0 fully saturated rings. The molecule has 0 radical (unpaired) electrons. The summed E-state index contributed by atoms with van der Waals surface area (Å²) in [6.45, 7) is 4.19. The molecule has 108 valence electrons. The highest BCUT2D eigenvalue weighted by molar-refractivity contribution is 9.10. The van der Waals surface area contributed by atoms with E-state index in [0.29, 0.717) is 5.88 Å². The second-order valence-corrected chi connectivity index (χ2v) is 5.48. The van der Waals surface area contributed by atoms with E-state index in [2.05, 4.69) is 50.2 Å². The first-order valence-corrected chi connectivity index (χ1v) is 7.13. The largest absolute Gasteiger partial charge is 0.481 e. The smallest absolute Gasteiger partial charge is 0.216 e. The summed E-state index contributed by atoms with van der Waals surface area (Å²) in [5.74, 6) is 0.544. The maximum Gasteiger partial charge on any atom is 0.216 e. The number of halogens is 1. The van der Waals surface area contributed by atoms with Crippen LogP contribution < -0.4 is 10.1 Å². The summed E-state index contributed by atoms with van der Waals surface area (Å²) in [4.78, 5) is 8.38. The third kappa shape index (κ3) is 2.83. The summed E-state index contributed by atoms with van der Waals surface area (Å²) in [5.41, 5.74) is 1.87. The van der Waals surface area contributed by atoms with E-state index in [9.17, 15) is 0 Å². The Bertz CT molecular complexity index is 584. The zero-order valence-corrected chi connectivity index (χ0v) is 13.5. The van der Waals surface area contributed by atoms with Crippen LogP contribution in [0.3, 0.4) is 0 Å². The van der Waals surface area contributed by atoms with Crippen molar-refractivity contribution in [1.29, 1.82) is 0 Å². The van der Waals surface area contributed by atoms with Gasteiger partial charge in [-0.15, -0.1) is 0 Å². The van der Waals surface area contributed by atoms with Gasteiger partial charge in [0.15, 0.2) is 0 Å². The first-order valence-electron chi connectivity index (χ1n) is 6.34. The molecule has 20 heavy (non-hydrogen) atoms. The Kier molecular flexibility index (Phi) is 4.72. The average Bonchev–Trinajstić information content (AvgIpc) is 2.82. The molecule has 2 aromatic heterocycles. The first-order chi connectivity index (χ1) is 9.58. The van der Waals surface area contributed by atoms with E-state index in [1.165, 1.54) is 6.33 Å². The average molecular weight is 340 g/mol. The minimum absolute atomic E-state index is 0.0915. The third-order valence-electron chi connectivity index (χ3n) is 3.01. The van der Waals surface area contributed by atoms with Gasteiger partial charge in [0.05, 0.1) is 35.2 Å². The summed E-state index contributed by atoms with van der Waals surface area (Å²) in [6.07, 6.45) is 3.31. The topological polar surface area (TPSA) is 64.9 Å². The maximum absolute atomic E-state index is 5.16. The van der Waals surface area contributed by atoms with Crippen LogP contribution in [0.1, 0.15) is 37.3 Å². The lowest BCUT2D eigenvalue weighted by atomic mass is 10.1. The molecule has 1 unspecified atom stereocenters. The van der Waals surface area contributed by atoms with Crippen LogP contribution in [0.2, 0.25) is 0 Å². The Hall–Kier alpha value is -1.47. The van der Waals surface area contributed by atoms with Crippen LogP contribution in [0.4, 0.5) is 0 Å². The Morgan fingerprint density at radius 3 is 2.70 bits per heavy atom. The fourth-order valence-corrected chi connectivity index (χ4v) is 2.58. The van der Waals surface area contributed by atoms with Crippen LogP contribution in [-0.2, 0) is 0 Å². The van der Waals surface area contributed by atoms with Crippen LogP contribution in [0.25, 0.3) is 0 Å². The Labute approximate surface area is 126 Å². The molecule has 0 bridgehead atoms. The fourth-order valence-electron chi connectivity index (χ4n) is 2.08. The van der Waals surface area contributed by atoms with Gasteiger partial charge in [-0.1, -0.05) is 0 Å². The van der Waals surface area contributed by atoms with Crippen LogP contribution >= 0.6 is 15.9 Å². The minimum Gasteiger partial charge on any atom is -0.481 e. The van der Waals surface area contributed by atoms with Crippen molar-refractivity contribution in [3.05, 3.63) is 34.5 Å². The SMILES string of the molecule is CNC(c1cc(OC)ncn1)c1c(Br)cnn1C(C)C. The van der Waals surface area contributed by atoms with Gasteiger partial charge in [0.1, 0.15) is 6.33 Å². The number of hydrogen-bond donors (Lipinski definition) is 1. The Morgan fingerprint density at radius 2 is 2.10 bits per heavy atom. The molecular formula is C13H18BrN5O. The summed E-state index contributed by atoms with van der Waals surface area (Å²) in [5, 5.41) is 7.68. The van der Waals surface area contributed by atoms with Crippen molar-refractivity contribution in [1.82, 2.24) is 25.1 Å². The zero-order valence-electron chi connectivity index (χ0n) is 12.0. The van der Waals surface area contributed by atoms with Crippen LogP contribution in [0.15, 0.2) is 23.1 Å². The van der Waals surface area contributed by atoms with Gasteiger partial charge >= 0.3 is 0 Å². The van der Waals surface area contributed by atoms with E-state index in [4.69, 9.17) is 4.74 Å². The van der Waals surface area contributed by atoms with Crippen molar-refractivity contribution in [2.45, 2.75) is 25.9 Å². The molecule has 0 aliphatic heterocycles. The second-order valence-electron chi connectivity index (χ2n) is 4.62. The Balaban J connectivity index is 2.49. The molecule has 2 heterocycles. The number of rotatable bonds is 5. The highest BCUT2D eigenvalue weighted by Crippen LogP contribution is 2.30. The van der Waals surface area contributed by atoms with Gasteiger partial charge in [-0.3, -0.25) is 4.68 Å². The number of methoxy groups -OCH3 is 1. The van der Waals surface area contributed by atoms with Gasteiger partial charge in [0.2, 0.25) is 5.88 Å². The number of aromatic nitrogens is 4. The second kappa shape index (κ2) is 6.32. The molecule has 0 saturated carbocycles. The molecule has 7 heteroatoms. The molecule has 6 nitrogen and oxygen atoms in total. The molecule has 0 aromatic carbocycles. The van der Waals surface area contributed by atoms with Gasteiger partial charge in [-0.25, -0.2) is 9.97 Å². The van der Waals surface area contributed by atoms with E-state index >= 15 is 0 Å². The van der Waals surface area contributed by atoms with E-state index in [1.54, 1.807) is 13.3 Å². The first kappa shape index (κ1) is 14.9. The monoisotopic (exact) mass is 339 g/mol. The fraction of sp³-hybridized carbons (Fsp3) is 0.462. The molecular weight excluding hydrogens is 322 g/mol. The molecule has 2 aromatic rings. The number of nitrogens with zero attached hydrogens (tertiary/aromatic N) is 4. The predicted octanol–water partition coefficient (Wildman–Crippen LogP) is 2.33. The van der Waals surface area contributed by atoms with Gasteiger partial charge in [-0.2, -0.15) is 5.10 Å². The lowest BCUT2D eigenvalue weighted by molar-refractivity contribution is 0.394. The van der Waals surface area contributed by atoms with Gasteiger partial charge in [-0.05, 0) is 36.8 Å². The lowest BCUT2D eigenvalue weighted by Crippen LogP contribution is -2.24. The van der Waals surface area contributed by atoms with Gasteiger partial charge in [0.25, 0.3) is 0 Å². The molecule has 0 amide bonds. The van der Waals surface area contributed by atoms with E-state index in [0.717, 1.165) is 15.9 Å². The van der Waals surface area contributed by atoms with Crippen molar-refractivity contribution < 1.29 is 4.74 Å². The van der Waals surface area contributed by atoms with E-state index < -0.39 is 0 Å². The van der Waals surface area contributed by atoms with Crippen LogP contribution in [0.5, 0.6) is 5.88 Å². The van der Waals surface area contributed by atoms with E-state index in [1.807, 2.05) is 17.8 Å². The van der Waals surface area contributed by atoms with Crippen LogP contribution in [0, 0.1) is 0 Å². The zero-order chi connectivity index (χ0) is 14.7. The van der Waals surface area contributed by atoms with Crippen molar-refractivity contribution >= 4 is 15.9 Å². The molecule has 0 spiro atoms. The van der Waals surface area contributed by atoms with Crippen molar-refractivity contribution in [2.24, 2.45) is 0 Å². The molecule has 0 saturated heterocycles. The summed E-state index contributed by atoms with van der Waals surface area (Å²) in [7, 11) is 3.48. The number of ether oxygens (including phenoxy) is 1. The number of nitrogens with one attached hydrogen (secondary N) is 1. The third-order valence-corrected chi connectivity index (χ3v) is 3.62. The molecule has 0 aliphatic carbocycles. The van der Waals surface area contributed by atoms with Gasteiger partial charge < -0.3 is 10.1 Å². The lowest BCUT2D eigenvalue weighted by Gasteiger charge is -2.20. The minimum atomic E-state index is -0.0915. The predicted molar refractivity (Wildman–Crippen MR) is 79.8 cm³/mol. The number of hydrogen-bond acceptors (Lipinski definition) is 5. The van der Waals surface area contributed by atoms with E-state index in [-0.39, 0.29) is 12.1 Å². The molecule has 1 N–H and O–H groups in total. The quantitative estimate of drug-likeness (QED) is 0.905. The summed E-state index contributed by atoms with van der Waals surface area (Å²) in [6, 6.07) is 1.99. The Morgan fingerprint density at radius 1 is 1.35 bits per heavy atom. The van der Waals surface area contributed by atoms with Crippen molar-refractivity contribution in [3.63, 3.8) is 0 Å². The molecule has 0 aliphatic rings.